The van der Waals surface area contributed by atoms with Crippen LogP contribution in [0.2, 0.25) is 0 Å². The molecule has 1 aromatic heterocycles. The van der Waals surface area contributed by atoms with Crippen LogP contribution in [0, 0.1) is 0 Å². The molecule has 1 aromatic rings. The summed E-state index contributed by atoms with van der Waals surface area (Å²) in [7, 11) is -3.46. The quantitative estimate of drug-likeness (QED) is 0.868. The Bertz CT molecular complexity index is 504. The van der Waals surface area contributed by atoms with E-state index in [0.29, 0.717) is 37.5 Å². The van der Waals surface area contributed by atoms with Crippen molar-refractivity contribution in [3.63, 3.8) is 0 Å². The summed E-state index contributed by atoms with van der Waals surface area (Å²) in [5.74, 6) is 0. The summed E-state index contributed by atoms with van der Waals surface area (Å²) in [5.41, 5.74) is 5.08. The molecule has 1 aliphatic heterocycles. The van der Waals surface area contributed by atoms with Gasteiger partial charge in [-0.25, -0.2) is 13.1 Å². The van der Waals surface area contributed by atoms with Gasteiger partial charge in [-0.1, -0.05) is 0 Å². The van der Waals surface area contributed by atoms with Crippen molar-refractivity contribution < 1.29 is 13.2 Å². The second-order valence-corrected chi connectivity index (χ2v) is 7.41. The van der Waals surface area contributed by atoms with Crippen LogP contribution in [0.15, 0.2) is 16.3 Å². The lowest BCUT2D eigenvalue weighted by Crippen LogP contribution is -2.49. The Labute approximate surface area is 111 Å². The first-order valence-electron chi connectivity index (χ1n) is 5.84. The number of hydrogen-bond acceptors (Lipinski definition) is 5. The van der Waals surface area contributed by atoms with Crippen molar-refractivity contribution in [1.82, 2.24) is 4.72 Å². The van der Waals surface area contributed by atoms with E-state index in [-0.39, 0.29) is 0 Å². The Morgan fingerprint density at radius 3 is 2.72 bits per heavy atom. The van der Waals surface area contributed by atoms with E-state index >= 15 is 0 Å². The van der Waals surface area contributed by atoms with Crippen LogP contribution in [0.5, 0.6) is 0 Å². The van der Waals surface area contributed by atoms with Gasteiger partial charge in [0.2, 0.25) is 10.0 Å². The van der Waals surface area contributed by atoms with E-state index in [1.54, 1.807) is 11.4 Å². The summed E-state index contributed by atoms with van der Waals surface area (Å²) in [4.78, 5) is 1.17. The SMILES string of the molecule is CC1(NS(=O)(=O)c2csc(CN)c2)CCOCC1. The van der Waals surface area contributed by atoms with Gasteiger partial charge in [0, 0.05) is 35.6 Å². The average Bonchev–Trinajstić information content (AvgIpc) is 2.77. The van der Waals surface area contributed by atoms with E-state index in [4.69, 9.17) is 10.5 Å². The minimum absolute atomic E-state index is 0.306. The zero-order valence-corrected chi connectivity index (χ0v) is 11.9. The Kier molecular flexibility index (Phi) is 4.08. The van der Waals surface area contributed by atoms with Crippen LogP contribution in [-0.4, -0.2) is 27.2 Å². The smallest absolute Gasteiger partial charge is 0.241 e. The molecule has 0 unspecified atom stereocenters. The van der Waals surface area contributed by atoms with E-state index in [0.717, 1.165) is 4.88 Å². The van der Waals surface area contributed by atoms with Crippen LogP contribution in [0.3, 0.4) is 0 Å². The summed E-state index contributed by atoms with van der Waals surface area (Å²) < 4.78 is 32.5. The van der Waals surface area contributed by atoms with Gasteiger partial charge in [-0.15, -0.1) is 11.3 Å². The van der Waals surface area contributed by atoms with Gasteiger partial charge in [-0.2, -0.15) is 0 Å². The summed E-state index contributed by atoms with van der Waals surface area (Å²) >= 11 is 1.37. The van der Waals surface area contributed by atoms with Gasteiger partial charge in [-0.05, 0) is 25.8 Å². The van der Waals surface area contributed by atoms with Crippen LogP contribution in [0.25, 0.3) is 0 Å². The number of nitrogens with two attached hydrogens (primary N) is 1. The van der Waals surface area contributed by atoms with Crippen LogP contribution in [0.4, 0.5) is 0 Å². The van der Waals surface area contributed by atoms with Crippen LogP contribution < -0.4 is 10.5 Å². The van der Waals surface area contributed by atoms with Crippen molar-refractivity contribution in [3.05, 3.63) is 16.3 Å². The molecule has 0 spiro atoms. The highest BCUT2D eigenvalue weighted by Crippen LogP contribution is 2.25. The Morgan fingerprint density at radius 1 is 1.50 bits per heavy atom. The molecule has 1 aliphatic rings. The summed E-state index contributed by atoms with van der Waals surface area (Å²) in [5, 5.41) is 1.63. The molecule has 0 radical (unpaired) electrons. The molecule has 0 bridgehead atoms. The molecule has 5 nitrogen and oxygen atoms in total. The second-order valence-electron chi connectivity index (χ2n) is 4.73. The van der Waals surface area contributed by atoms with Crippen molar-refractivity contribution in [2.75, 3.05) is 13.2 Å². The molecule has 2 heterocycles. The number of hydrogen-bond donors (Lipinski definition) is 2. The highest BCUT2D eigenvalue weighted by molar-refractivity contribution is 7.89. The topological polar surface area (TPSA) is 81.4 Å². The molecule has 0 atom stereocenters. The highest BCUT2D eigenvalue weighted by atomic mass is 32.2. The predicted molar refractivity (Wildman–Crippen MR) is 71.0 cm³/mol. The summed E-state index contributed by atoms with van der Waals surface area (Å²) in [6.07, 6.45) is 1.39. The molecule has 3 N–H and O–H groups in total. The van der Waals surface area contributed by atoms with E-state index in [9.17, 15) is 8.42 Å². The van der Waals surface area contributed by atoms with Gasteiger partial charge in [0.25, 0.3) is 0 Å². The molecule has 2 rings (SSSR count). The van der Waals surface area contributed by atoms with Crippen molar-refractivity contribution in [1.29, 1.82) is 0 Å². The standard InChI is InChI=1S/C11H18N2O3S2/c1-11(2-4-16-5-3-11)13-18(14,15)10-6-9(7-12)17-8-10/h6,8,13H,2-5,7,12H2,1H3. The molecule has 1 fully saturated rings. The molecule has 0 saturated carbocycles. The number of rotatable bonds is 4. The van der Waals surface area contributed by atoms with Crippen molar-refractivity contribution in [2.24, 2.45) is 5.73 Å². The van der Waals surface area contributed by atoms with Crippen LogP contribution in [0.1, 0.15) is 24.6 Å². The zero-order valence-electron chi connectivity index (χ0n) is 10.3. The fraction of sp³-hybridized carbons (Fsp3) is 0.636. The average molecular weight is 290 g/mol. The van der Waals surface area contributed by atoms with Crippen molar-refractivity contribution in [3.8, 4) is 0 Å². The molecule has 102 valence electrons. The highest BCUT2D eigenvalue weighted by Gasteiger charge is 2.32. The zero-order chi connectivity index (χ0) is 13.2. The largest absolute Gasteiger partial charge is 0.381 e. The first-order valence-corrected chi connectivity index (χ1v) is 8.21. The predicted octanol–water partition coefficient (Wildman–Crippen LogP) is 1.05. The third-order valence-electron chi connectivity index (χ3n) is 3.12. The molecule has 0 amide bonds. The lowest BCUT2D eigenvalue weighted by atomic mass is 9.94. The molecule has 0 aromatic carbocycles. The van der Waals surface area contributed by atoms with Gasteiger partial charge in [0.1, 0.15) is 0 Å². The number of thiophene rings is 1. The summed E-state index contributed by atoms with van der Waals surface area (Å²) in [6, 6.07) is 1.63. The molecular weight excluding hydrogens is 272 g/mol. The molecular formula is C11H18N2O3S2. The molecule has 18 heavy (non-hydrogen) atoms. The third kappa shape index (κ3) is 3.10. The van der Waals surface area contributed by atoms with E-state index < -0.39 is 15.6 Å². The maximum Gasteiger partial charge on any atom is 0.241 e. The maximum atomic E-state index is 12.2. The first kappa shape index (κ1) is 14.0. The van der Waals surface area contributed by atoms with E-state index in [2.05, 4.69) is 4.72 Å². The van der Waals surface area contributed by atoms with Gasteiger partial charge in [0.05, 0.1) is 4.90 Å². The van der Waals surface area contributed by atoms with Gasteiger partial charge in [0.15, 0.2) is 0 Å². The molecule has 1 saturated heterocycles. The summed E-state index contributed by atoms with van der Waals surface area (Å²) in [6.45, 7) is 3.47. The lowest BCUT2D eigenvalue weighted by molar-refractivity contribution is 0.0537. The lowest BCUT2D eigenvalue weighted by Gasteiger charge is -2.33. The van der Waals surface area contributed by atoms with Crippen molar-refractivity contribution >= 4 is 21.4 Å². The fourth-order valence-corrected chi connectivity index (χ4v) is 4.54. The minimum atomic E-state index is -3.46. The number of sulfonamides is 1. The molecule has 7 heteroatoms. The number of ether oxygens (including phenoxy) is 1. The maximum absolute atomic E-state index is 12.2. The fourth-order valence-electron chi connectivity index (χ4n) is 1.92. The monoisotopic (exact) mass is 290 g/mol. The van der Waals surface area contributed by atoms with E-state index in [1.165, 1.54) is 11.3 Å². The third-order valence-corrected chi connectivity index (χ3v) is 5.84. The van der Waals surface area contributed by atoms with Crippen molar-refractivity contribution in [2.45, 2.75) is 36.7 Å². The Hall–Kier alpha value is -0.470. The Balaban J connectivity index is 2.16. The van der Waals surface area contributed by atoms with Crippen LogP contribution in [-0.2, 0) is 21.3 Å². The van der Waals surface area contributed by atoms with Gasteiger partial charge < -0.3 is 10.5 Å². The molecule has 0 aliphatic carbocycles. The minimum Gasteiger partial charge on any atom is -0.381 e. The van der Waals surface area contributed by atoms with Gasteiger partial charge >= 0.3 is 0 Å². The Morgan fingerprint density at radius 2 is 2.17 bits per heavy atom. The normalized spacial score (nSPS) is 19.9. The number of nitrogens with one attached hydrogen (secondary N) is 1. The second kappa shape index (κ2) is 5.26. The van der Waals surface area contributed by atoms with Crippen LogP contribution >= 0.6 is 11.3 Å². The first-order chi connectivity index (χ1) is 8.45. The van der Waals surface area contributed by atoms with E-state index in [1.807, 2.05) is 6.92 Å². The van der Waals surface area contributed by atoms with Gasteiger partial charge in [-0.3, -0.25) is 0 Å².